The van der Waals surface area contributed by atoms with E-state index in [4.69, 9.17) is 0 Å². The molecule has 0 saturated carbocycles. The number of piperidine rings is 1. The molecule has 3 heterocycles. The van der Waals surface area contributed by atoms with Gasteiger partial charge in [0, 0.05) is 19.3 Å². The number of pyridine rings is 1. The number of carboxylic acids is 1. The molecule has 2 atom stereocenters. The van der Waals surface area contributed by atoms with Gasteiger partial charge in [-0.3, -0.25) is 9.78 Å². The minimum Gasteiger partial charge on any atom is -0.478 e. The average molecular weight is 261 g/mol. The molecule has 3 rings (SSSR count). The van der Waals surface area contributed by atoms with Gasteiger partial charge in [0.25, 0.3) is 0 Å². The highest BCUT2D eigenvalue weighted by molar-refractivity contribution is 5.94. The van der Waals surface area contributed by atoms with Crippen molar-refractivity contribution >= 4 is 17.6 Å². The Bertz CT molecular complexity index is 532. The van der Waals surface area contributed by atoms with Gasteiger partial charge in [0.05, 0.1) is 29.4 Å². The van der Waals surface area contributed by atoms with E-state index >= 15 is 0 Å². The normalized spacial score (nSPS) is 25.9. The minimum atomic E-state index is -0.961. The molecular formula is C13H15N3O3. The van der Waals surface area contributed by atoms with E-state index < -0.39 is 5.97 Å². The van der Waals surface area contributed by atoms with Gasteiger partial charge in [-0.05, 0) is 18.9 Å². The highest BCUT2D eigenvalue weighted by Crippen LogP contribution is 2.32. The zero-order valence-electron chi connectivity index (χ0n) is 10.4. The molecule has 0 spiro atoms. The van der Waals surface area contributed by atoms with E-state index in [1.807, 2.05) is 4.90 Å². The number of anilines is 1. The monoisotopic (exact) mass is 261 g/mol. The number of amides is 1. The lowest BCUT2D eigenvalue weighted by atomic mass is 9.91. The SMILES string of the molecule is O=C(O)c1ccncc1N1CCCC2C(=O)NCC21. The molecule has 2 aliphatic heterocycles. The van der Waals surface area contributed by atoms with Gasteiger partial charge in [0.15, 0.2) is 0 Å². The maximum atomic E-state index is 11.7. The van der Waals surface area contributed by atoms with Crippen molar-refractivity contribution in [1.29, 1.82) is 0 Å². The van der Waals surface area contributed by atoms with Crippen LogP contribution >= 0.6 is 0 Å². The maximum absolute atomic E-state index is 11.7. The van der Waals surface area contributed by atoms with E-state index in [9.17, 15) is 14.7 Å². The minimum absolute atomic E-state index is 0.0319. The van der Waals surface area contributed by atoms with Crippen LogP contribution in [-0.4, -0.2) is 41.1 Å². The Morgan fingerprint density at radius 3 is 3.16 bits per heavy atom. The number of nitrogens with zero attached hydrogens (tertiary/aromatic N) is 2. The van der Waals surface area contributed by atoms with Crippen molar-refractivity contribution < 1.29 is 14.7 Å². The Balaban J connectivity index is 1.97. The van der Waals surface area contributed by atoms with E-state index in [-0.39, 0.29) is 23.4 Å². The fraction of sp³-hybridized carbons (Fsp3) is 0.462. The van der Waals surface area contributed by atoms with E-state index in [1.165, 1.54) is 12.3 Å². The Morgan fingerprint density at radius 1 is 1.53 bits per heavy atom. The van der Waals surface area contributed by atoms with Gasteiger partial charge >= 0.3 is 5.97 Å². The lowest BCUT2D eigenvalue weighted by Gasteiger charge is -2.38. The third-order valence-corrected chi connectivity index (χ3v) is 3.94. The number of carbonyl (C=O) groups excluding carboxylic acids is 1. The predicted molar refractivity (Wildman–Crippen MR) is 68.1 cm³/mol. The van der Waals surface area contributed by atoms with Gasteiger partial charge in [-0.25, -0.2) is 4.79 Å². The van der Waals surface area contributed by atoms with Crippen LogP contribution in [-0.2, 0) is 4.79 Å². The first kappa shape index (κ1) is 12.0. The van der Waals surface area contributed by atoms with Crippen LogP contribution in [0.4, 0.5) is 5.69 Å². The lowest BCUT2D eigenvalue weighted by Crippen LogP contribution is -2.46. The van der Waals surface area contributed by atoms with Gasteiger partial charge < -0.3 is 15.3 Å². The molecule has 2 aliphatic rings. The smallest absolute Gasteiger partial charge is 0.337 e. The van der Waals surface area contributed by atoms with Crippen LogP contribution in [0.3, 0.4) is 0 Å². The molecular weight excluding hydrogens is 246 g/mol. The molecule has 2 saturated heterocycles. The van der Waals surface area contributed by atoms with Crippen molar-refractivity contribution in [3.05, 3.63) is 24.0 Å². The van der Waals surface area contributed by atoms with Crippen LogP contribution in [0.1, 0.15) is 23.2 Å². The quantitative estimate of drug-likeness (QED) is 0.809. The second-order valence-corrected chi connectivity index (χ2v) is 4.95. The van der Waals surface area contributed by atoms with Crippen molar-refractivity contribution in [3.8, 4) is 0 Å². The van der Waals surface area contributed by atoms with Crippen LogP contribution < -0.4 is 10.2 Å². The van der Waals surface area contributed by atoms with Crippen molar-refractivity contribution in [2.24, 2.45) is 5.92 Å². The van der Waals surface area contributed by atoms with Gasteiger partial charge in [0.2, 0.25) is 5.91 Å². The summed E-state index contributed by atoms with van der Waals surface area (Å²) in [5.41, 5.74) is 0.858. The molecule has 2 unspecified atom stereocenters. The highest BCUT2D eigenvalue weighted by Gasteiger charge is 2.41. The summed E-state index contributed by atoms with van der Waals surface area (Å²) >= 11 is 0. The summed E-state index contributed by atoms with van der Waals surface area (Å²) < 4.78 is 0. The van der Waals surface area contributed by atoms with Crippen LogP contribution in [0.25, 0.3) is 0 Å². The third kappa shape index (κ3) is 1.93. The summed E-state index contributed by atoms with van der Waals surface area (Å²) in [6.07, 6.45) is 4.82. The fourth-order valence-corrected chi connectivity index (χ4v) is 3.05. The number of hydrogen-bond acceptors (Lipinski definition) is 4. The van der Waals surface area contributed by atoms with Gasteiger partial charge in [0.1, 0.15) is 0 Å². The summed E-state index contributed by atoms with van der Waals surface area (Å²) in [5.74, 6) is -0.914. The zero-order chi connectivity index (χ0) is 13.4. The number of rotatable bonds is 2. The number of aromatic carboxylic acids is 1. The molecule has 1 amide bonds. The molecule has 0 aliphatic carbocycles. The summed E-state index contributed by atoms with van der Waals surface area (Å²) in [4.78, 5) is 29.1. The summed E-state index contributed by atoms with van der Waals surface area (Å²) in [6.45, 7) is 1.35. The van der Waals surface area contributed by atoms with E-state index in [2.05, 4.69) is 10.3 Å². The second-order valence-electron chi connectivity index (χ2n) is 4.95. The first-order valence-corrected chi connectivity index (χ1v) is 6.40. The zero-order valence-corrected chi connectivity index (χ0v) is 10.4. The van der Waals surface area contributed by atoms with Crippen LogP contribution in [0.2, 0.25) is 0 Å². The van der Waals surface area contributed by atoms with E-state index in [1.54, 1.807) is 6.20 Å². The molecule has 1 aromatic heterocycles. The number of nitrogens with one attached hydrogen (secondary N) is 1. The lowest BCUT2D eigenvalue weighted by molar-refractivity contribution is -0.122. The molecule has 1 aromatic rings. The summed E-state index contributed by atoms with van der Waals surface area (Å²) in [7, 11) is 0. The highest BCUT2D eigenvalue weighted by atomic mass is 16.4. The van der Waals surface area contributed by atoms with Gasteiger partial charge in [-0.2, -0.15) is 0 Å². The number of carboxylic acid groups (broad SMARTS) is 1. The van der Waals surface area contributed by atoms with E-state index in [0.29, 0.717) is 12.2 Å². The molecule has 6 nitrogen and oxygen atoms in total. The van der Waals surface area contributed by atoms with E-state index in [0.717, 1.165) is 19.4 Å². The molecule has 0 aromatic carbocycles. The average Bonchev–Trinajstić information content (AvgIpc) is 2.81. The maximum Gasteiger partial charge on any atom is 0.337 e. The Morgan fingerprint density at radius 2 is 2.37 bits per heavy atom. The number of carbonyl (C=O) groups is 2. The number of hydrogen-bond donors (Lipinski definition) is 2. The third-order valence-electron chi connectivity index (χ3n) is 3.94. The molecule has 100 valence electrons. The summed E-state index contributed by atoms with van der Waals surface area (Å²) in [5, 5.41) is 12.1. The van der Waals surface area contributed by atoms with Crippen LogP contribution in [0.15, 0.2) is 18.5 Å². The van der Waals surface area contributed by atoms with Crippen molar-refractivity contribution in [2.75, 3.05) is 18.0 Å². The molecule has 2 fully saturated rings. The first-order valence-electron chi connectivity index (χ1n) is 6.40. The molecule has 6 heteroatoms. The van der Waals surface area contributed by atoms with Gasteiger partial charge in [-0.1, -0.05) is 0 Å². The largest absolute Gasteiger partial charge is 0.478 e. The summed E-state index contributed by atoms with van der Waals surface area (Å²) in [6, 6.07) is 1.55. The Hall–Kier alpha value is -2.11. The molecule has 0 bridgehead atoms. The van der Waals surface area contributed by atoms with Crippen molar-refractivity contribution in [3.63, 3.8) is 0 Å². The standard InChI is InChI=1S/C13H15N3O3/c17-12-8-2-1-5-16(11(8)7-15-12)10-6-14-4-3-9(10)13(18)19/h3-4,6,8,11H,1-2,5,7H2,(H,15,17)(H,18,19). The Kier molecular flexibility index (Phi) is 2.85. The first-order chi connectivity index (χ1) is 9.18. The van der Waals surface area contributed by atoms with Crippen molar-refractivity contribution in [2.45, 2.75) is 18.9 Å². The number of aromatic nitrogens is 1. The van der Waals surface area contributed by atoms with Gasteiger partial charge in [-0.15, -0.1) is 0 Å². The topological polar surface area (TPSA) is 82.5 Å². The predicted octanol–water partition coefficient (Wildman–Crippen LogP) is 0.495. The second kappa shape index (κ2) is 4.53. The molecule has 2 N–H and O–H groups in total. The van der Waals surface area contributed by atoms with Crippen LogP contribution in [0.5, 0.6) is 0 Å². The van der Waals surface area contributed by atoms with Crippen molar-refractivity contribution in [1.82, 2.24) is 10.3 Å². The molecule has 19 heavy (non-hydrogen) atoms. The van der Waals surface area contributed by atoms with Crippen LogP contribution in [0, 0.1) is 5.92 Å². The molecule has 0 radical (unpaired) electrons. The Labute approximate surface area is 110 Å². The fourth-order valence-electron chi connectivity index (χ4n) is 3.05. The number of fused-ring (bicyclic) bond motifs is 1.